The third kappa shape index (κ3) is 4.11. The minimum Gasteiger partial charge on any atom is -1.00 e. The van der Waals surface area contributed by atoms with Gasteiger partial charge in [0.25, 0.3) is 5.91 Å². The van der Waals surface area contributed by atoms with E-state index in [1.165, 1.54) is 9.80 Å². The molecule has 1 atom stereocenters. The smallest absolute Gasteiger partial charge is 0.329 e. The fraction of sp³-hybridized carbons (Fsp3) is 0.556. The monoisotopic (exact) mass is 383 g/mol. The van der Waals surface area contributed by atoms with Crippen LogP contribution >= 0.6 is 0 Å². The Balaban J connectivity index is 0.00000243. The summed E-state index contributed by atoms with van der Waals surface area (Å²) in [6, 6.07) is 6.99. The van der Waals surface area contributed by atoms with E-state index in [4.69, 9.17) is 9.47 Å². The molecule has 3 rings (SSSR count). The summed E-state index contributed by atoms with van der Waals surface area (Å²) in [5.74, 6) is 0.530. The molecule has 8 heteroatoms. The third-order valence-electron chi connectivity index (χ3n) is 4.66. The number of morpholine rings is 1. The van der Waals surface area contributed by atoms with Gasteiger partial charge < -0.3 is 32.1 Å². The maximum Gasteiger partial charge on any atom is 0.329 e. The van der Waals surface area contributed by atoms with Crippen LogP contribution in [0.15, 0.2) is 24.3 Å². The number of carbonyl (C=O) groups is 2. The molecule has 1 unspecified atom stereocenters. The zero-order valence-corrected chi connectivity index (χ0v) is 16.1. The minimum atomic E-state index is -1.04. The molecule has 1 aromatic rings. The molecule has 2 aliphatic rings. The van der Waals surface area contributed by atoms with E-state index in [-0.39, 0.29) is 30.4 Å². The van der Waals surface area contributed by atoms with E-state index in [2.05, 4.69) is 5.32 Å². The van der Waals surface area contributed by atoms with E-state index >= 15 is 0 Å². The number of quaternary nitrogens is 1. The predicted molar refractivity (Wildman–Crippen MR) is 91.3 cm³/mol. The van der Waals surface area contributed by atoms with Crippen molar-refractivity contribution in [1.29, 1.82) is 0 Å². The lowest BCUT2D eigenvalue weighted by Gasteiger charge is -2.27. The number of carbonyl (C=O) groups excluding carboxylic acids is 2. The first kappa shape index (κ1) is 20.5. The molecule has 0 aliphatic carbocycles. The van der Waals surface area contributed by atoms with Crippen molar-refractivity contribution >= 4 is 11.9 Å². The van der Waals surface area contributed by atoms with Crippen LogP contribution < -0.4 is 27.4 Å². The summed E-state index contributed by atoms with van der Waals surface area (Å²) in [7, 11) is 0. The summed E-state index contributed by atoms with van der Waals surface area (Å²) in [4.78, 5) is 27.8. The van der Waals surface area contributed by atoms with Crippen LogP contribution in [0.25, 0.3) is 0 Å². The number of nitrogens with zero attached hydrogens (tertiary/aromatic N) is 1. The maximum atomic E-state index is 12.9. The van der Waals surface area contributed by atoms with Gasteiger partial charge in [0.15, 0.2) is 6.67 Å². The van der Waals surface area contributed by atoms with Crippen LogP contribution in [-0.4, -0.2) is 55.9 Å². The van der Waals surface area contributed by atoms with Gasteiger partial charge in [-0.2, -0.15) is 0 Å². The number of hydrogen-bond acceptors (Lipinski definition) is 4. The largest absolute Gasteiger partial charge is 1.00 e. The number of ether oxygens (including phenoxy) is 2. The second kappa shape index (κ2) is 8.24. The van der Waals surface area contributed by atoms with Crippen molar-refractivity contribution < 1.29 is 36.4 Å². The summed E-state index contributed by atoms with van der Waals surface area (Å²) in [5.41, 5.74) is -0.291. The molecule has 0 saturated carbocycles. The van der Waals surface area contributed by atoms with E-state index in [1.54, 1.807) is 6.92 Å². The Hall–Kier alpha value is -1.83. The number of imide groups is 1. The molecule has 2 fully saturated rings. The van der Waals surface area contributed by atoms with Crippen molar-refractivity contribution in [2.45, 2.75) is 32.4 Å². The van der Waals surface area contributed by atoms with Crippen molar-refractivity contribution in [3.05, 3.63) is 29.8 Å². The Bertz CT molecular complexity index is 646. The second-order valence-corrected chi connectivity index (χ2v) is 7.00. The Morgan fingerprint density at radius 3 is 2.42 bits per heavy atom. The number of benzene rings is 1. The van der Waals surface area contributed by atoms with Crippen molar-refractivity contribution in [3.8, 4) is 5.75 Å². The molecule has 0 radical (unpaired) electrons. The van der Waals surface area contributed by atoms with Crippen LogP contribution in [-0.2, 0) is 15.1 Å². The number of hydrogen-bond donors (Lipinski definition) is 2. The fourth-order valence-electron chi connectivity index (χ4n) is 3.22. The lowest BCUT2D eigenvalue weighted by Crippen LogP contribution is -3.15. The van der Waals surface area contributed by atoms with E-state index in [1.807, 2.05) is 38.1 Å². The summed E-state index contributed by atoms with van der Waals surface area (Å²) in [6.45, 7) is 8.97. The highest BCUT2D eigenvalue weighted by Crippen LogP contribution is 2.29. The second-order valence-electron chi connectivity index (χ2n) is 7.00. The molecule has 0 bridgehead atoms. The molecule has 0 spiro atoms. The van der Waals surface area contributed by atoms with Crippen molar-refractivity contribution in [2.75, 3.05) is 33.0 Å². The van der Waals surface area contributed by atoms with Gasteiger partial charge in [0.05, 0.1) is 19.3 Å². The van der Waals surface area contributed by atoms with Gasteiger partial charge in [-0.15, -0.1) is 0 Å². The molecule has 7 nitrogen and oxygen atoms in total. The molecular formula is C18H26ClN3O4. The third-order valence-corrected chi connectivity index (χ3v) is 4.66. The van der Waals surface area contributed by atoms with Crippen molar-refractivity contribution in [1.82, 2.24) is 10.2 Å². The molecule has 3 amide bonds. The standard InChI is InChI=1S/C18H25N3O4.ClH/c1-13(2)25-15-6-4-14(5-7-15)18(3)16(22)21(17(23)19-18)12-20-8-10-24-11-9-20;/h4-7,13H,8-12H2,1-3H3,(H,19,23);1H. The predicted octanol–water partition coefficient (Wildman–Crippen LogP) is -2.88. The normalized spacial score (nSPS) is 23.8. The summed E-state index contributed by atoms with van der Waals surface area (Å²) in [6.07, 6.45) is 0.0845. The number of urea groups is 1. The van der Waals surface area contributed by atoms with Crippen LogP contribution in [0.5, 0.6) is 5.75 Å². The lowest BCUT2D eigenvalue weighted by molar-refractivity contribution is -0.915. The minimum absolute atomic E-state index is 0. The number of nitrogens with one attached hydrogen (secondary N) is 2. The topological polar surface area (TPSA) is 72.3 Å². The molecular weight excluding hydrogens is 358 g/mol. The van der Waals surface area contributed by atoms with Gasteiger partial charge in [-0.05, 0) is 38.5 Å². The maximum absolute atomic E-state index is 12.9. The van der Waals surface area contributed by atoms with E-state index in [0.717, 1.165) is 24.4 Å². The van der Waals surface area contributed by atoms with Gasteiger partial charge in [-0.3, -0.25) is 4.79 Å². The lowest BCUT2D eigenvalue weighted by atomic mass is 9.92. The van der Waals surface area contributed by atoms with E-state index < -0.39 is 5.54 Å². The number of halogens is 1. The highest BCUT2D eigenvalue weighted by molar-refractivity contribution is 6.07. The first-order valence-corrected chi connectivity index (χ1v) is 8.73. The van der Waals surface area contributed by atoms with Gasteiger partial charge >= 0.3 is 6.03 Å². The van der Waals surface area contributed by atoms with Crippen molar-refractivity contribution in [3.63, 3.8) is 0 Å². The van der Waals surface area contributed by atoms with Gasteiger partial charge in [-0.1, -0.05) is 12.1 Å². The Labute approximate surface area is 160 Å². The van der Waals surface area contributed by atoms with Gasteiger partial charge in [0, 0.05) is 0 Å². The van der Waals surface area contributed by atoms with Crippen LogP contribution in [0.1, 0.15) is 26.3 Å². The molecule has 2 heterocycles. The summed E-state index contributed by atoms with van der Waals surface area (Å²) >= 11 is 0. The first-order chi connectivity index (χ1) is 11.9. The molecule has 2 aliphatic heterocycles. The highest BCUT2D eigenvalue weighted by atomic mass is 35.5. The van der Waals surface area contributed by atoms with Crippen LogP contribution in [0.3, 0.4) is 0 Å². The Kier molecular flexibility index (Phi) is 6.49. The fourth-order valence-corrected chi connectivity index (χ4v) is 3.22. The Morgan fingerprint density at radius 1 is 1.23 bits per heavy atom. The quantitative estimate of drug-likeness (QED) is 0.536. The van der Waals surface area contributed by atoms with Gasteiger partial charge in [-0.25, -0.2) is 9.69 Å². The molecule has 2 saturated heterocycles. The molecule has 26 heavy (non-hydrogen) atoms. The van der Waals surface area contributed by atoms with E-state index in [9.17, 15) is 9.59 Å². The molecule has 2 N–H and O–H groups in total. The Morgan fingerprint density at radius 2 is 1.85 bits per heavy atom. The molecule has 1 aromatic carbocycles. The van der Waals surface area contributed by atoms with Gasteiger partial charge in [0.2, 0.25) is 0 Å². The summed E-state index contributed by atoms with van der Waals surface area (Å²) in [5, 5.41) is 2.85. The zero-order chi connectivity index (χ0) is 18.0. The van der Waals surface area contributed by atoms with Crippen molar-refractivity contribution in [2.24, 2.45) is 0 Å². The van der Waals surface area contributed by atoms with Crippen LogP contribution in [0.4, 0.5) is 4.79 Å². The highest BCUT2D eigenvalue weighted by Gasteiger charge is 2.50. The first-order valence-electron chi connectivity index (χ1n) is 8.73. The van der Waals surface area contributed by atoms with Crippen LogP contribution in [0, 0.1) is 0 Å². The number of rotatable bonds is 5. The van der Waals surface area contributed by atoms with Crippen LogP contribution in [0.2, 0.25) is 0 Å². The average Bonchev–Trinajstić information content (AvgIpc) is 2.80. The SMILES string of the molecule is CC(C)Oc1ccc(C2(C)NC(=O)N(C[NH+]3CCOCC3)C2=O)cc1.[Cl-]. The number of amides is 3. The average molecular weight is 384 g/mol. The summed E-state index contributed by atoms with van der Waals surface area (Å²) < 4.78 is 11.0. The zero-order valence-electron chi connectivity index (χ0n) is 15.4. The van der Waals surface area contributed by atoms with Gasteiger partial charge in [0.1, 0.15) is 24.4 Å². The van der Waals surface area contributed by atoms with E-state index in [0.29, 0.717) is 19.9 Å². The molecule has 144 valence electrons. The molecule has 0 aromatic heterocycles.